The number of pyridine rings is 1. The van der Waals surface area contributed by atoms with E-state index in [-0.39, 0.29) is 23.7 Å². The Kier molecular flexibility index (Phi) is 4.33. The molecule has 0 aliphatic carbocycles. The summed E-state index contributed by atoms with van der Waals surface area (Å²) in [7, 11) is 0. The zero-order valence-corrected chi connectivity index (χ0v) is 13.3. The van der Waals surface area contributed by atoms with Crippen molar-refractivity contribution in [3.63, 3.8) is 0 Å². The molecule has 1 amide bonds. The molecule has 0 radical (unpaired) electrons. The molecule has 0 atom stereocenters. The molecule has 7 nitrogen and oxygen atoms in total. The van der Waals surface area contributed by atoms with Crippen molar-refractivity contribution in [1.82, 2.24) is 20.4 Å². The van der Waals surface area contributed by atoms with Gasteiger partial charge < -0.3 is 14.9 Å². The number of phenolic OH excluding ortho intramolecular Hbond substituents is 1. The summed E-state index contributed by atoms with van der Waals surface area (Å²) < 4.78 is 5.78. The van der Waals surface area contributed by atoms with Gasteiger partial charge in [0, 0.05) is 22.4 Å². The van der Waals surface area contributed by atoms with Gasteiger partial charge in [-0.15, -0.1) is 0 Å². The lowest BCUT2D eigenvalue weighted by atomic mass is 10.2. The van der Waals surface area contributed by atoms with Crippen molar-refractivity contribution in [2.75, 3.05) is 0 Å². The topological polar surface area (TPSA) is 101 Å². The molecule has 0 spiro atoms. The Hall–Kier alpha value is -2.74. The van der Waals surface area contributed by atoms with Crippen LogP contribution in [0.4, 0.5) is 0 Å². The maximum atomic E-state index is 12.1. The van der Waals surface area contributed by atoms with Gasteiger partial charge in [0.15, 0.2) is 0 Å². The molecule has 2 aromatic heterocycles. The van der Waals surface area contributed by atoms with Crippen LogP contribution in [0.1, 0.15) is 16.2 Å². The van der Waals surface area contributed by atoms with E-state index in [4.69, 9.17) is 4.52 Å². The molecular weight excluding hydrogens is 364 g/mol. The molecule has 0 saturated carbocycles. The smallest absolute Gasteiger partial charge is 0.255 e. The summed E-state index contributed by atoms with van der Waals surface area (Å²) in [5, 5.41) is 16.2. The Labute approximate surface area is 139 Å². The van der Waals surface area contributed by atoms with Crippen LogP contribution in [-0.4, -0.2) is 26.1 Å². The maximum absolute atomic E-state index is 12.1. The predicted octanol–water partition coefficient (Wildman–Crippen LogP) is 2.53. The molecule has 0 bridgehead atoms. The number of rotatable bonds is 4. The molecule has 0 aliphatic rings. The molecule has 0 aliphatic heterocycles. The first kappa shape index (κ1) is 15.2. The number of benzene rings is 1. The number of hydrogen-bond donors (Lipinski definition) is 2. The van der Waals surface area contributed by atoms with Crippen LogP contribution in [0.25, 0.3) is 11.4 Å². The Balaban J connectivity index is 1.68. The largest absolute Gasteiger partial charge is 0.507 e. The van der Waals surface area contributed by atoms with Gasteiger partial charge in [0.1, 0.15) is 5.75 Å². The van der Waals surface area contributed by atoms with Crippen LogP contribution in [0, 0.1) is 0 Å². The SMILES string of the molecule is O=C(NCc1nc(-c2ccncc2)no1)c1cc(Br)ccc1O. The van der Waals surface area contributed by atoms with Crippen LogP contribution >= 0.6 is 15.9 Å². The summed E-state index contributed by atoms with van der Waals surface area (Å²) in [6.45, 7) is 0.0584. The minimum absolute atomic E-state index is 0.0584. The second-order valence-electron chi connectivity index (χ2n) is 4.59. The van der Waals surface area contributed by atoms with Crippen molar-refractivity contribution < 1.29 is 14.4 Å². The molecule has 2 heterocycles. The van der Waals surface area contributed by atoms with E-state index in [9.17, 15) is 9.90 Å². The quantitative estimate of drug-likeness (QED) is 0.727. The molecule has 116 valence electrons. The molecule has 0 fully saturated rings. The van der Waals surface area contributed by atoms with Crippen LogP contribution in [-0.2, 0) is 6.54 Å². The number of halogens is 1. The number of carbonyl (C=O) groups excluding carboxylic acids is 1. The van der Waals surface area contributed by atoms with Crippen molar-refractivity contribution in [2.24, 2.45) is 0 Å². The normalized spacial score (nSPS) is 10.5. The summed E-state index contributed by atoms with van der Waals surface area (Å²) in [6.07, 6.45) is 3.26. The Morgan fingerprint density at radius 3 is 2.83 bits per heavy atom. The Morgan fingerprint density at radius 1 is 1.26 bits per heavy atom. The standard InChI is InChI=1S/C15H11BrN4O3/c16-10-1-2-12(21)11(7-10)15(22)18-8-13-19-14(20-23-13)9-3-5-17-6-4-9/h1-7,21H,8H2,(H,18,22). The fraction of sp³-hybridized carbons (Fsp3) is 0.0667. The summed E-state index contributed by atoms with van der Waals surface area (Å²) in [5.74, 6) is 0.141. The second kappa shape index (κ2) is 6.57. The van der Waals surface area contributed by atoms with Gasteiger partial charge in [-0.3, -0.25) is 9.78 Å². The van der Waals surface area contributed by atoms with Gasteiger partial charge in [0.25, 0.3) is 5.91 Å². The van der Waals surface area contributed by atoms with Crippen LogP contribution in [0.15, 0.2) is 51.7 Å². The van der Waals surface area contributed by atoms with E-state index in [2.05, 4.69) is 36.4 Å². The summed E-state index contributed by atoms with van der Waals surface area (Å²) in [6, 6.07) is 8.12. The van der Waals surface area contributed by atoms with E-state index in [1.165, 1.54) is 12.1 Å². The van der Waals surface area contributed by atoms with Gasteiger partial charge in [-0.2, -0.15) is 4.98 Å². The lowest BCUT2D eigenvalue weighted by Crippen LogP contribution is -2.23. The van der Waals surface area contributed by atoms with E-state index in [1.807, 2.05) is 0 Å². The fourth-order valence-electron chi connectivity index (χ4n) is 1.89. The highest BCUT2D eigenvalue weighted by Gasteiger charge is 2.14. The number of aromatic hydroxyl groups is 1. The maximum Gasteiger partial charge on any atom is 0.255 e. The van der Waals surface area contributed by atoms with E-state index in [0.29, 0.717) is 10.3 Å². The zero-order chi connectivity index (χ0) is 16.2. The molecule has 3 aromatic rings. The summed E-state index contributed by atoms with van der Waals surface area (Å²) in [4.78, 5) is 20.2. The van der Waals surface area contributed by atoms with Gasteiger partial charge >= 0.3 is 0 Å². The average molecular weight is 375 g/mol. The summed E-state index contributed by atoms with van der Waals surface area (Å²) >= 11 is 3.25. The van der Waals surface area contributed by atoms with Crippen molar-refractivity contribution in [1.29, 1.82) is 0 Å². The monoisotopic (exact) mass is 374 g/mol. The average Bonchev–Trinajstić information content (AvgIpc) is 3.05. The molecule has 0 unspecified atom stereocenters. The molecule has 23 heavy (non-hydrogen) atoms. The van der Waals surface area contributed by atoms with Gasteiger partial charge in [0.05, 0.1) is 12.1 Å². The van der Waals surface area contributed by atoms with E-state index < -0.39 is 5.91 Å². The van der Waals surface area contributed by atoms with Gasteiger partial charge in [-0.05, 0) is 30.3 Å². The third kappa shape index (κ3) is 3.54. The first-order valence-corrected chi connectivity index (χ1v) is 7.42. The van der Waals surface area contributed by atoms with Crippen LogP contribution in [0.3, 0.4) is 0 Å². The third-order valence-corrected chi connectivity index (χ3v) is 3.50. The number of hydrogen-bond acceptors (Lipinski definition) is 6. The highest BCUT2D eigenvalue weighted by molar-refractivity contribution is 9.10. The highest BCUT2D eigenvalue weighted by atomic mass is 79.9. The third-order valence-electron chi connectivity index (χ3n) is 3.01. The van der Waals surface area contributed by atoms with E-state index in [0.717, 1.165) is 5.56 Å². The minimum atomic E-state index is -0.438. The number of nitrogens with one attached hydrogen (secondary N) is 1. The number of aromatic nitrogens is 3. The Morgan fingerprint density at radius 2 is 2.04 bits per heavy atom. The molecular formula is C15H11BrN4O3. The predicted molar refractivity (Wildman–Crippen MR) is 84.5 cm³/mol. The van der Waals surface area contributed by atoms with Crippen LogP contribution in [0.5, 0.6) is 5.75 Å². The highest BCUT2D eigenvalue weighted by Crippen LogP contribution is 2.21. The second-order valence-corrected chi connectivity index (χ2v) is 5.51. The van der Waals surface area contributed by atoms with Gasteiger partial charge in [0.2, 0.25) is 11.7 Å². The van der Waals surface area contributed by atoms with Crippen LogP contribution in [0.2, 0.25) is 0 Å². The molecule has 0 saturated heterocycles. The van der Waals surface area contributed by atoms with Crippen molar-refractivity contribution in [3.8, 4) is 17.1 Å². The summed E-state index contributed by atoms with van der Waals surface area (Å²) in [5.41, 5.74) is 0.930. The first-order valence-electron chi connectivity index (χ1n) is 6.63. The molecule has 2 N–H and O–H groups in total. The number of phenols is 1. The van der Waals surface area contributed by atoms with Gasteiger partial charge in [-0.1, -0.05) is 21.1 Å². The molecule has 8 heteroatoms. The number of amides is 1. The number of nitrogens with zero attached hydrogens (tertiary/aromatic N) is 3. The lowest BCUT2D eigenvalue weighted by Gasteiger charge is -2.05. The zero-order valence-electron chi connectivity index (χ0n) is 11.7. The van der Waals surface area contributed by atoms with Crippen molar-refractivity contribution in [2.45, 2.75) is 6.54 Å². The minimum Gasteiger partial charge on any atom is -0.507 e. The Bertz CT molecular complexity index is 836. The first-order chi connectivity index (χ1) is 11.1. The lowest BCUT2D eigenvalue weighted by molar-refractivity contribution is 0.0943. The van der Waals surface area contributed by atoms with Crippen molar-refractivity contribution >= 4 is 21.8 Å². The fourth-order valence-corrected chi connectivity index (χ4v) is 2.25. The van der Waals surface area contributed by atoms with E-state index in [1.54, 1.807) is 30.6 Å². The van der Waals surface area contributed by atoms with Gasteiger partial charge in [-0.25, -0.2) is 0 Å². The molecule has 1 aromatic carbocycles. The van der Waals surface area contributed by atoms with Crippen LogP contribution < -0.4 is 5.32 Å². The van der Waals surface area contributed by atoms with Crippen molar-refractivity contribution in [3.05, 3.63) is 58.7 Å². The number of carbonyl (C=O) groups is 1. The molecule has 3 rings (SSSR count). The van der Waals surface area contributed by atoms with E-state index >= 15 is 0 Å².